The molecule has 1 aromatic rings. The molecule has 18 heavy (non-hydrogen) atoms. The van der Waals surface area contributed by atoms with Gasteiger partial charge in [0.15, 0.2) is 0 Å². The summed E-state index contributed by atoms with van der Waals surface area (Å²) in [6, 6.07) is 6.40. The Labute approximate surface area is 112 Å². The number of allylic oxidation sites excluding steroid dienone is 1. The minimum Gasteiger partial charge on any atom is -0.488 e. The predicted octanol–water partition coefficient (Wildman–Crippen LogP) is 5.24. The van der Waals surface area contributed by atoms with Gasteiger partial charge in [-0.15, -0.1) is 0 Å². The standard InChI is InChI=1S/C17H26O/c1-7-8-9-15-12-14(13(2)3)10-11-16(15)18-17(4,5)6/h10-12H,2,7-9H2,1,3-6H3. The van der Waals surface area contributed by atoms with E-state index >= 15 is 0 Å². The van der Waals surface area contributed by atoms with Gasteiger partial charge in [0.05, 0.1) is 0 Å². The lowest BCUT2D eigenvalue weighted by atomic mass is 10.0. The van der Waals surface area contributed by atoms with Crippen molar-refractivity contribution in [2.75, 3.05) is 0 Å². The second kappa shape index (κ2) is 6.08. The van der Waals surface area contributed by atoms with E-state index in [0.717, 1.165) is 17.7 Å². The first-order chi connectivity index (χ1) is 8.33. The number of hydrogen-bond acceptors (Lipinski definition) is 1. The molecule has 0 unspecified atom stereocenters. The summed E-state index contributed by atoms with van der Waals surface area (Å²) < 4.78 is 6.03. The minimum absolute atomic E-state index is 0.147. The molecule has 0 atom stereocenters. The summed E-state index contributed by atoms with van der Waals surface area (Å²) in [5, 5.41) is 0. The van der Waals surface area contributed by atoms with Crippen LogP contribution in [0.5, 0.6) is 5.75 Å². The number of hydrogen-bond donors (Lipinski definition) is 0. The monoisotopic (exact) mass is 246 g/mol. The number of rotatable bonds is 5. The molecule has 0 aromatic heterocycles. The van der Waals surface area contributed by atoms with E-state index in [1.54, 1.807) is 0 Å². The molecule has 0 saturated heterocycles. The van der Waals surface area contributed by atoms with Crippen LogP contribution in [0.4, 0.5) is 0 Å². The highest BCUT2D eigenvalue weighted by Gasteiger charge is 2.14. The Morgan fingerprint density at radius 3 is 2.44 bits per heavy atom. The van der Waals surface area contributed by atoms with E-state index in [1.807, 2.05) is 6.92 Å². The molecule has 0 fully saturated rings. The van der Waals surface area contributed by atoms with Gasteiger partial charge in [-0.2, -0.15) is 0 Å². The molecular formula is C17H26O. The first-order valence-electron chi connectivity index (χ1n) is 6.81. The highest BCUT2D eigenvalue weighted by atomic mass is 16.5. The Bertz CT molecular complexity index is 410. The Hall–Kier alpha value is -1.24. The average Bonchev–Trinajstić information content (AvgIpc) is 2.25. The summed E-state index contributed by atoms with van der Waals surface area (Å²) >= 11 is 0. The zero-order valence-electron chi connectivity index (χ0n) is 12.5. The molecule has 0 spiro atoms. The van der Waals surface area contributed by atoms with Crippen molar-refractivity contribution in [2.24, 2.45) is 0 Å². The summed E-state index contributed by atoms with van der Waals surface area (Å²) in [7, 11) is 0. The fourth-order valence-electron chi connectivity index (χ4n) is 1.84. The zero-order chi connectivity index (χ0) is 13.8. The molecule has 0 radical (unpaired) electrons. The van der Waals surface area contributed by atoms with Crippen LogP contribution in [0.1, 0.15) is 58.6 Å². The van der Waals surface area contributed by atoms with Crippen molar-refractivity contribution in [1.82, 2.24) is 0 Å². The highest BCUT2D eigenvalue weighted by Crippen LogP contribution is 2.28. The minimum atomic E-state index is -0.147. The largest absolute Gasteiger partial charge is 0.488 e. The lowest BCUT2D eigenvalue weighted by Crippen LogP contribution is -2.23. The topological polar surface area (TPSA) is 9.23 Å². The van der Waals surface area contributed by atoms with Gasteiger partial charge < -0.3 is 4.74 Å². The molecule has 0 amide bonds. The average molecular weight is 246 g/mol. The quantitative estimate of drug-likeness (QED) is 0.690. The van der Waals surface area contributed by atoms with Gasteiger partial charge in [-0.3, -0.25) is 0 Å². The number of unbranched alkanes of at least 4 members (excludes halogenated alkanes) is 1. The van der Waals surface area contributed by atoms with E-state index in [1.165, 1.54) is 24.0 Å². The first kappa shape index (κ1) is 14.8. The molecule has 1 nitrogen and oxygen atoms in total. The third kappa shape index (κ3) is 4.56. The SMILES string of the molecule is C=C(C)c1ccc(OC(C)(C)C)c(CCCC)c1. The van der Waals surface area contributed by atoms with Gasteiger partial charge >= 0.3 is 0 Å². The van der Waals surface area contributed by atoms with Gasteiger partial charge in [-0.25, -0.2) is 0 Å². The van der Waals surface area contributed by atoms with Crippen LogP contribution >= 0.6 is 0 Å². The van der Waals surface area contributed by atoms with E-state index in [9.17, 15) is 0 Å². The molecule has 0 saturated carbocycles. The maximum atomic E-state index is 6.03. The van der Waals surface area contributed by atoms with Crippen LogP contribution < -0.4 is 4.74 Å². The normalized spacial score (nSPS) is 11.4. The van der Waals surface area contributed by atoms with Crippen molar-refractivity contribution < 1.29 is 4.74 Å². The molecular weight excluding hydrogens is 220 g/mol. The van der Waals surface area contributed by atoms with Crippen molar-refractivity contribution in [3.63, 3.8) is 0 Å². The van der Waals surface area contributed by atoms with Crippen LogP contribution in [0, 0.1) is 0 Å². The van der Waals surface area contributed by atoms with Crippen molar-refractivity contribution in [1.29, 1.82) is 0 Å². The molecule has 100 valence electrons. The van der Waals surface area contributed by atoms with E-state index in [-0.39, 0.29) is 5.60 Å². The second-order valence-corrected chi connectivity index (χ2v) is 5.92. The van der Waals surface area contributed by atoms with Crippen LogP contribution in [0.3, 0.4) is 0 Å². The van der Waals surface area contributed by atoms with Gasteiger partial charge in [0.1, 0.15) is 11.4 Å². The summed E-state index contributed by atoms with van der Waals surface area (Å²) in [5.74, 6) is 1.01. The molecule has 0 bridgehead atoms. The maximum absolute atomic E-state index is 6.03. The van der Waals surface area contributed by atoms with Crippen LogP contribution in [-0.2, 0) is 6.42 Å². The first-order valence-corrected chi connectivity index (χ1v) is 6.81. The Morgan fingerprint density at radius 2 is 1.94 bits per heavy atom. The van der Waals surface area contributed by atoms with Crippen molar-refractivity contribution in [3.8, 4) is 5.75 Å². The molecule has 0 aliphatic rings. The molecule has 0 N–H and O–H groups in total. The molecule has 1 aromatic carbocycles. The lowest BCUT2D eigenvalue weighted by molar-refractivity contribution is 0.129. The molecule has 0 heterocycles. The number of ether oxygens (including phenoxy) is 1. The Kier molecular flexibility index (Phi) is 5.01. The molecule has 1 heteroatoms. The van der Waals surface area contributed by atoms with Gasteiger partial charge in [-0.05, 0) is 63.8 Å². The van der Waals surface area contributed by atoms with E-state index in [2.05, 4.69) is 52.5 Å². The molecule has 1 rings (SSSR count). The fourth-order valence-corrected chi connectivity index (χ4v) is 1.84. The third-order valence-corrected chi connectivity index (χ3v) is 2.77. The van der Waals surface area contributed by atoms with E-state index in [0.29, 0.717) is 0 Å². The van der Waals surface area contributed by atoms with Crippen molar-refractivity contribution in [2.45, 2.75) is 59.5 Å². The second-order valence-electron chi connectivity index (χ2n) is 5.92. The fraction of sp³-hybridized carbons (Fsp3) is 0.529. The summed E-state index contributed by atoms with van der Waals surface area (Å²) in [6.45, 7) is 14.5. The summed E-state index contributed by atoms with van der Waals surface area (Å²) in [4.78, 5) is 0. The van der Waals surface area contributed by atoms with Crippen molar-refractivity contribution in [3.05, 3.63) is 35.9 Å². The van der Waals surface area contributed by atoms with E-state index in [4.69, 9.17) is 4.74 Å². The van der Waals surface area contributed by atoms with E-state index < -0.39 is 0 Å². The number of aryl methyl sites for hydroxylation is 1. The lowest BCUT2D eigenvalue weighted by Gasteiger charge is -2.24. The number of benzene rings is 1. The van der Waals surface area contributed by atoms with Gasteiger partial charge in [0.2, 0.25) is 0 Å². The molecule has 0 aliphatic heterocycles. The van der Waals surface area contributed by atoms with Crippen LogP contribution in [0.15, 0.2) is 24.8 Å². The van der Waals surface area contributed by atoms with Gasteiger partial charge in [0, 0.05) is 0 Å². The smallest absolute Gasteiger partial charge is 0.123 e. The Morgan fingerprint density at radius 1 is 1.28 bits per heavy atom. The van der Waals surface area contributed by atoms with Crippen LogP contribution in [0.2, 0.25) is 0 Å². The predicted molar refractivity (Wildman–Crippen MR) is 80.1 cm³/mol. The van der Waals surface area contributed by atoms with Crippen LogP contribution in [-0.4, -0.2) is 5.60 Å². The maximum Gasteiger partial charge on any atom is 0.123 e. The van der Waals surface area contributed by atoms with Crippen LogP contribution in [0.25, 0.3) is 5.57 Å². The van der Waals surface area contributed by atoms with Gasteiger partial charge in [0.25, 0.3) is 0 Å². The zero-order valence-corrected chi connectivity index (χ0v) is 12.5. The molecule has 0 aliphatic carbocycles. The highest BCUT2D eigenvalue weighted by molar-refractivity contribution is 5.63. The summed E-state index contributed by atoms with van der Waals surface area (Å²) in [5.41, 5.74) is 3.47. The third-order valence-electron chi connectivity index (χ3n) is 2.77. The Balaban J connectivity index is 3.04. The van der Waals surface area contributed by atoms with Gasteiger partial charge in [-0.1, -0.05) is 31.6 Å². The summed E-state index contributed by atoms with van der Waals surface area (Å²) in [6.07, 6.45) is 3.47. The van der Waals surface area contributed by atoms with Crippen molar-refractivity contribution >= 4 is 5.57 Å².